The number of carbonyl (C=O) groups excluding carboxylic acids is 2. The molecule has 4 aliphatic rings. The van der Waals surface area contributed by atoms with Gasteiger partial charge in [-0.05, 0) is 61.3 Å². The largest absolute Gasteiger partial charge is 0.393 e. The lowest BCUT2D eigenvalue weighted by Gasteiger charge is -2.60. The summed E-state index contributed by atoms with van der Waals surface area (Å²) in [6, 6.07) is 0. The van der Waals surface area contributed by atoms with Crippen molar-refractivity contribution in [2.24, 2.45) is 28.6 Å². The van der Waals surface area contributed by atoms with E-state index in [4.69, 9.17) is 16.3 Å². The molecule has 0 unspecified atom stereocenters. The third-order valence-electron chi connectivity index (χ3n) is 9.05. The number of aliphatic hydroxyl groups is 2. The van der Waals surface area contributed by atoms with E-state index in [1.165, 1.54) is 0 Å². The summed E-state index contributed by atoms with van der Waals surface area (Å²) >= 11 is 5.93. The van der Waals surface area contributed by atoms with Crippen LogP contribution < -0.4 is 0 Å². The monoisotopic (exact) mass is 436 g/mol. The maximum absolute atomic E-state index is 12.9. The van der Waals surface area contributed by atoms with Gasteiger partial charge in [0.2, 0.25) is 0 Å². The van der Waals surface area contributed by atoms with Gasteiger partial charge < -0.3 is 14.9 Å². The molecule has 0 aliphatic heterocycles. The van der Waals surface area contributed by atoms with Crippen molar-refractivity contribution in [1.82, 2.24) is 0 Å². The van der Waals surface area contributed by atoms with Gasteiger partial charge in [-0.1, -0.05) is 25.5 Å². The van der Waals surface area contributed by atoms with Crippen LogP contribution in [0.4, 0.5) is 0 Å². The number of allylic oxidation sites excluding steroid dienone is 1. The molecular weight excluding hydrogens is 404 g/mol. The SMILES string of the molecule is C=CCO[C@@H]1C[C@H]2[C@@H]3CCC4=CC(=O)CC[C@]4(C)[C@H]3[C@@H](O)C[C@]2(C)[C@@]1(O)C(=O)CCl. The van der Waals surface area contributed by atoms with Crippen molar-refractivity contribution >= 4 is 23.2 Å². The summed E-state index contributed by atoms with van der Waals surface area (Å²) in [4.78, 5) is 25.0. The van der Waals surface area contributed by atoms with E-state index in [-0.39, 0.29) is 41.4 Å². The molecule has 166 valence electrons. The topological polar surface area (TPSA) is 83.8 Å². The van der Waals surface area contributed by atoms with Crippen molar-refractivity contribution < 1.29 is 24.5 Å². The Labute approximate surface area is 183 Å². The fraction of sp³-hybridized carbons (Fsp3) is 0.750. The Kier molecular flexibility index (Phi) is 5.58. The number of ketones is 2. The van der Waals surface area contributed by atoms with Crippen LogP contribution in [0.25, 0.3) is 0 Å². The van der Waals surface area contributed by atoms with E-state index in [9.17, 15) is 19.8 Å². The predicted octanol–water partition coefficient (Wildman–Crippen LogP) is 3.21. The predicted molar refractivity (Wildman–Crippen MR) is 114 cm³/mol. The first kappa shape index (κ1) is 22.2. The summed E-state index contributed by atoms with van der Waals surface area (Å²) in [5, 5.41) is 23.2. The van der Waals surface area contributed by atoms with E-state index in [2.05, 4.69) is 13.5 Å². The Morgan fingerprint density at radius 2 is 2.13 bits per heavy atom. The number of ether oxygens (including phenoxy) is 1. The number of hydrogen-bond acceptors (Lipinski definition) is 5. The highest BCUT2D eigenvalue weighted by Gasteiger charge is 2.71. The van der Waals surface area contributed by atoms with Crippen LogP contribution in [0, 0.1) is 28.6 Å². The molecule has 4 rings (SSSR count). The molecule has 0 bridgehead atoms. The molecule has 2 N–H and O–H groups in total. The third kappa shape index (κ3) is 2.85. The summed E-state index contributed by atoms with van der Waals surface area (Å²) in [6.07, 6.45) is 5.90. The molecule has 3 saturated carbocycles. The fourth-order valence-electron chi connectivity index (χ4n) is 7.65. The van der Waals surface area contributed by atoms with Gasteiger partial charge in [0, 0.05) is 11.8 Å². The highest BCUT2D eigenvalue weighted by atomic mass is 35.5. The van der Waals surface area contributed by atoms with E-state index < -0.39 is 29.0 Å². The number of aliphatic hydroxyl groups excluding tert-OH is 1. The minimum atomic E-state index is -1.73. The Morgan fingerprint density at radius 3 is 2.80 bits per heavy atom. The molecule has 0 amide bonds. The zero-order valence-corrected chi connectivity index (χ0v) is 18.7. The Hall–Kier alpha value is -1.01. The summed E-state index contributed by atoms with van der Waals surface area (Å²) in [5.74, 6) is -0.340. The summed E-state index contributed by atoms with van der Waals surface area (Å²) < 4.78 is 5.92. The number of Topliss-reactive ketones (excluding diaryl/α,β-unsaturated/α-hetero) is 1. The lowest BCUT2D eigenvalue weighted by molar-refractivity contribution is -0.193. The van der Waals surface area contributed by atoms with Gasteiger partial charge in [0.25, 0.3) is 0 Å². The number of fused-ring (bicyclic) bond motifs is 5. The molecule has 0 radical (unpaired) electrons. The number of halogens is 1. The van der Waals surface area contributed by atoms with Gasteiger partial charge in [-0.2, -0.15) is 0 Å². The zero-order chi connectivity index (χ0) is 21.9. The number of hydrogen-bond donors (Lipinski definition) is 2. The lowest BCUT2D eigenvalue weighted by atomic mass is 9.45. The van der Waals surface area contributed by atoms with Crippen molar-refractivity contribution in [3.05, 3.63) is 24.3 Å². The van der Waals surface area contributed by atoms with Crippen molar-refractivity contribution in [3.8, 4) is 0 Å². The summed E-state index contributed by atoms with van der Waals surface area (Å²) in [5.41, 5.74) is -1.60. The van der Waals surface area contributed by atoms with Crippen molar-refractivity contribution in [2.75, 3.05) is 12.5 Å². The molecule has 8 atom stereocenters. The summed E-state index contributed by atoms with van der Waals surface area (Å²) in [7, 11) is 0. The first-order valence-corrected chi connectivity index (χ1v) is 11.6. The van der Waals surface area contributed by atoms with Gasteiger partial charge in [-0.3, -0.25) is 9.59 Å². The number of alkyl halides is 1. The van der Waals surface area contributed by atoms with Crippen molar-refractivity contribution in [1.29, 1.82) is 0 Å². The smallest absolute Gasteiger partial charge is 0.182 e. The lowest BCUT2D eigenvalue weighted by Crippen LogP contribution is -2.64. The van der Waals surface area contributed by atoms with Crippen LogP contribution in [0.15, 0.2) is 24.3 Å². The van der Waals surface area contributed by atoms with Crippen LogP contribution in [-0.2, 0) is 14.3 Å². The average molecular weight is 437 g/mol. The van der Waals surface area contributed by atoms with Gasteiger partial charge >= 0.3 is 0 Å². The molecule has 30 heavy (non-hydrogen) atoms. The molecule has 0 aromatic heterocycles. The molecule has 0 spiro atoms. The van der Waals surface area contributed by atoms with Crippen LogP contribution >= 0.6 is 11.6 Å². The highest BCUT2D eigenvalue weighted by Crippen LogP contribution is 2.68. The van der Waals surface area contributed by atoms with E-state index in [1.807, 2.05) is 6.92 Å². The van der Waals surface area contributed by atoms with E-state index in [1.54, 1.807) is 12.2 Å². The number of carbonyl (C=O) groups is 2. The normalized spacial score (nSPS) is 47.7. The van der Waals surface area contributed by atoms with Crippen molar-refractivity contribution in [3.63, 3.8) is 0 Å². The second kappa shape index (κ2) is 7.54. The molecule has 0 aromatic rings. The zero-order valence-electron chi connectivity index (χ0n) is 17.9. The maximum atomic E-state index is 12.9. The van der Waals surface area contributed by atoms with Gasteiger partial charge in [0.1, 0.15) is 0 Å². The highest BCUT2D eigenvalue weighted by molar-refractivity contribution is 6.29. The first-order chi connectivity index (χ1) is 14.1. The Morgan fingerprint density at radius 1 is 1.40 bits per heavy atom. The first-order valence-electron chi connectivity index (χ1n) is 11.1. The van der Waals surface area contributed by atoms with E-state index in [0.717, 1.165) is 24.8 Å². The summed E-state index contributed by atoms with van der Waals surface area (Å²) in [6.45, 7) is 8.05. The van der Waals surface area contributed by atoms with Gasteiger partial charge in [0.15, 0.2) is 17.2 Å². The van der Waals surface area contributed by atoms with Gasteiger partial charge in [-0.15, -0.1) is 18.2 Å². The van der Waals surface area contributed by atoms with Gasteiger partial charge in [-0.25, -0.2) is 0 Å². The van der Waals surface area contributed by atoms with Crippen LogP contribution in [0.5, 0.6) is 0 Å². The average Bonchev–Trinajstić information content (AvgIpc) is 2.93. The Bertz CT molecular complexity index is 792. The quantitative estimate of drug-likeness (QED) is 0.510. The third-order valence-corrected chi connectivity index (χ3v) is 9.30. The number of rotatable bonds is 5. The van der Waals surface area contributed by atoms with Gasteiger partial charge in [0.05, 0.1) is 24.7 Å². The second-order valence-electron chi connectivity index (χ2n) is 10.2. The van der Waals surface area contributed by atoms with E-state index >= 15 is 0 Å². The molecule has 0 heterocycles. The molecule has 0 saturated heterocycles. The molecule has 0 aromatic carbocycles. The van der Waals surface area contributed by atoms with Crippen molar-refractivity contribution in [2.45, 2.75) is 70.2 Å². The molecule has 5 nitrogen and oxygen atoms in total. The van der Waals surface area contributed by atoms with Crippen LogP contribution in [0.1, 0.15) is 52.4 Å². The minimum Gasteiger partial charge on any atom is -0.393 e. The fourth-order valence-corrected chi connectivity index (χ4v) is 7.85. The maximum Gasteiger partial charge on any atom is 0.182 e. The van der Waals surface area contributed by atoms with Crippen LogP contribution in [0.2, 0.25) is 0 Å². The van der Waals surface area contributed by atoms with Crippen LogP contribution in [-0.4, -0.2) is 52.1 Å². The minimum absolute atomic E-state index is 0.0113. The molecule has 6 heteroatoms. The standard InChI is InChI=1S/C24H33ClO5/c1-4-9-30-20-11-17-16-6-5-14-10-15(26)7-8-22(14,2)21(16)18(27)12-23(17,3)24(20,29)19(28)13-25/h4,10,16-18,20-21,27,29H,1,5-9,11-13H2,2-3H3/t16-,17-,18-,20+,21+,22-,23-,24+/m0/s1. The van der Waals surface area contributed by atoms with E-state index in [0.29, 0.717) is 19.3 Å². The Balaban J connectivity index is 1.76. The van der Waals surface area contributed by atoms with Crippen LogP contribution in [0.3, 0.4) is 0 Å². The second-order valence-corrected chi connectivity index (χ2v) is 10.5. The molecular formula is C24H33ClO5. The molecule has 3 fully saturated rings. The molecule has 4 aliphatic carbocycles.